The fraction of sp³-hybridized carbons (Fsp3) is 0.222. The van der Waals surface area contributed by atoms with E-state index in [-0.39, 0.29) is 5.91 Å². The highest BCUT2D eigenvalue weighted by atomic mass is 79.9. The lowest BCUT2D eigenvalue weighted by Gasteiger charge is -2.17. The topological polar surface area (TPSA) is 41.1 Å². The molecule has 0 aromatic heterocycles. The largest absolute Gasteiger partial charge is 0.332 e. The van der Waals surface area contributed by atoms with Gasteiger partial charge in [-0.15, -0.1) is 0 Å². The predicted molar refractivity (Wildman–Crippen MR) is 103 cm³/mol. The predicted octanol–water partition coefficient (Wildman–Crippen LogP) is 5.09. The summed E-state index contributed by atoms with van der Waals surface area (Å²) in [5, 5.41) is 6.14. The van der Waals surface area contributed by atoms with Gasteiger partial charge in [-0.3, -0.25) is 10.1 Å². The van der Waals surface area contributed by atoms with E-state index in [1.807, 2.05) is 36.4 Å². The average Bonchev–Trinajstić information content (AvgIpc) is 2.54. The lowest BCUT2D eigenvalue weighted by Crippen LogP contribution is -2.34. The molecular weight excluding hydrogens is 372 g/mol. The first-order chi connectivity index (χ1) is 11.0. The molecule has 0 unspecified atom stereocenters. The maximum absolute atomic E-state index is 12.3. The molecule has 1 atom stereocenters. The molecule has 0 fully saturated rings. The van der Waals surface area contributed by atoms with Crippen LogP contribution in [0.2, 0.25) is 0 Å². The Hall–Kier alpha value is -1.72. The van der Waals surface area contributed by atoms with Gasteiger partial charge in [0, 0.05) is 10.2 Å². The van der Waals surface area contributed by atoms with Crippen molar-refractivity contribution in [2.24, 2.45) is 0 Å². The summed E-state index contributed by atoms with van der Waals surface area (Å²) in [5.74, 6) is 0.177. The molecule has 2 rings (SSSR count). The summed E-state index contributed by atoms with van der Waals surface area (Å²) in [6.07, 6.45) is 1.04. The zero-order valence-corrected chi connectivity index (χ0v) is 15.5. The van der Waals surface area contributed by atoms with Crippen LogP contribution in [-0.4, -0.2) is 11.0 Å². The van der Waals surface area contributed by atoms with Crippen LogP contribution in [0.15, 0.2) is 53.0 Å². The lowest BCUT2D eigenvalue weighted by atomic mass is 9.97. The lowest BCUT2D eigenvalue weighted by molar-refractivity contribution is 0.0977. The molecule has 2 aromatic rings. The Morgan fingerprint density at radius 3 is 2.52 bits per heavy atom. The van der Waals surface area contributed by atoms with Crippen molar-refractivity contribution >= 4 is 44.9 Å². The zero-order chi connectivity index (χ0) is 16.8. The van der Waals surface area contributed by atoms with Crippen LogP contribution >= 0.6 is 28.1 Å². The number of rotatable bonds is 4. The smallest absolute Gasteiger partial charge is 0.258 e. The molecule has 2 N–H and O–H groups in total. The second kappa shape index (κ2) is 8.22. The van der Waals surface area contributed by atoms with Crippen molar-refractivity contribution in [3.63, 3.8) is 0 Å². The van der Waals surface area contributed by atoms with Crippen LogP contribution in [-0.2, 0) is 0 Å². The van der Waals surface area contributed by atoms with E-state index < -0.39 is 0 Å². The fourth-order valence-electron chi connectivity index (χ4n) is 2.23. The second-order valence-electron chi connectivity index (χ2n) is 5.28. The first kappa shape index (κ1) is 17.6. The third-order valence-corrected chi connectivity index (χ3v) is 4.59. The summed E-state index contributed by atoms with van der Waals surface area (Å²) in [6, 6.07) is 15.3. The highest BCUT2D eigenvalue weighted by molar-refractivity contribution is 9.10. The van der Waals surface area contributed by atoms with Crippen molar-refractivity contribution in [2.75, 3.05) is 5.32 Å². The summed E-state index contributed by atoms with van der Waals surface area (Å²) >= 11 is 8.65. The first-order valence-corrected chi connectivity index (χ1v) is 8.68. The summed E-state index contributed by atoms with van der Waals surface area (Å²) < 4.78 is 0.736. The van der Waals surface area contributed by atoms with E-state index in [9.17, 15) is 4.79 Å². The van der Waals surface area contributed by atoms with Crippen LogP contribution < -0.4 is 10.6 Å². The van der Waals surface area contributed by atoms with Gasteiger partial charge in [0.25, 0.3) is 5.91 Å². The van der Waals surface area contributed by atoms with Gasteiger partial charge in [-0.05, 0) is 64.2 Å². The Morgan fingerprint density at radius 2 is 1.83 bits per heavy atom. The van der Waals surface area contributed by atoms with Crippen molar-refractivity contribution in [2.45, 2.75) is 26.2 Å². The monoisotopic (exact) mass is 390 g/mol. The van der Waals surface area contributed by atoms with Gasteiger partial charge in [-0.2, -0.15) is 0 Å². The van der Waals surface area contributed by atoms with Crippen molar-refractivity contribution < 1.29 is 4.79 Å². The summed E-state index contributed by atoms with van der Waals surface area (Å²) in [6.45, 7) is 4.32. The molecular formula is C18H19BrN2OS. The van der Waals surface area contributed by atoms with Gasteiger partial charge < -0.3 is 5.32 Å². The third-order valence-electron chi connectivity index (χ3n) is 3.70. The quantitative estimate of drug-likeness (QED) is 0.714. The third kappa shape index (κ3) is 4.62. The summed E-state index contributed by atoms with van der Waals surface area (Å²) in [5.41, 5.74) is 2.67. The van der Waals surface area contributed by atoms with Crippen LogP contribution in [0.25, 0.3) is 0 Å². The molecule has 0 saturated carbocycles. The molecule has 5 heteroatoms. The number of amides is 1. The van der Waals surface area contributed by atoms with Crippen LogP contribution in [0.4, 0.5) is 5.69 Å². The minimum absolute atomic E-state index is 0.240. The maximum atomic E-state index is 12.3. The van der Waals surface area contributed by atoms with E-state index in [0.717, 1.165) is 16.6 Å². The SMILES string of the molecule is CC[C@@H](C)c1ccccc1NC(=S)NC(=O)c1ccccc1Br. The first-order valence-electron chi connectivity index (χ1n) is 7.48. The Kier molecular flexibility index (Phi) is 6.30. The molecule has 0 bridgehead atoms. The number of para-hydroxylation sites is 1. The Bertz CT molecular complexity index is 718. The number of benzene rings is 2. The van der Waals surface area contributed by atoms with E-state index in [4.69, 9.17) is 12.2 Å². The van der Waals surface area contributed by atoms with Crippen LogP contribution in [0.5, 0.6) is 0 Å². The van der Waals surface area contributed by atoms with Gasteiger partial charge in [-0.25, -0.2) is 0 Å². The van der Waals surface area contributed by atoms with Crippen LogP contribution in [0.1, 0.15) is 42.1 Å². The number of halogens is 1. The summed E-state index contributed by atoms with van der Waals surface area (Å²) in [4.78, 5) is 12.3. The van der Waals surface area contributed by atoms with Crippen molar-refractivity contribution in [3.8, 4) is 0 Å². The molecule has 23 heavy (non-hydrogen) atoms. The van der Waals surface area contributed by atoms with Crippen molar-refractivity contribution in [3.05, 3.63) is 64.1 Å². The van der Waals surface area contributed by atoms with Crippen LogP contribution in [0, 0.1) is 0 Å². The fourth-order valence-corrected chi connectivity index (χ4v) is 2.90. The maximum Gasteiger partial charge on any atom is 0.258 e. The van der Waals surface area contributed by atoms with Gasteiger partial charge in [0.1, 0.15) is 0 Å². The molecule has 0 aliphatic heterocycles. The number of thiocarbonyl (C=S) groups is 1. The van der Waals surface area contributed by atoms with E-state index >= 15 is 0 Å². The average molecular weight is 391 g/mol. The molecule has 3 nitrogen and oxygen atoms in total. The molecule has 0 heterocycles. The number of nitrogens with one attached hydrogen (secondary N) is 2. The van der Waals surface area contributed by atoms with E-state index in [1.165, 1.54) is 5.56 Å². The highest BCUT2D eigenvalue weighted by Gasteiger charge is 2.13. The van der Waals surface area contributed by atoms with Gasteiger partial charge >= 0.3 is 0 Å². The highest BCUT2D eigenvalue weighted by Crippen LogP contribution is 2.26. The molecule has 0 saturated heterocycles. The number of anilines is 1. The Morgan fingerprint density at radius 1 is 1.17 bits per heavy atom. The van der Waals surface area contributed by atoms with Crippen molar-refractivity contribution in [1.82, 2.24) is 5.32 Å². The van der Waals surface area contributed by atoms with Gasteiger partial charge in [0.15, 0.2) is 5.11 Å². The number of hydrogen-bond donors (Lipinski definition) is 2. The van der Waals surface area contributed by atoms with Crippen molar-refractivity contribution in [1.29, 1.82) is 0 Å². The zero-order valence-electron chi connectivity index (χ0n) is 13.1. The standard InChI is InChI=1S/C18H19BrN2OS/c1-3-12(2)13-8-5-7-11-16(13)20-18(23)21-17(22)14-9-4-6-10-15(14)19/h4-12H,3H2,1-2H3,(H2,20,21,22,23)/t12-/m1/s1. The Balaban J connectivity index is 2.09. The molecule has 120 valence electrons. The molecule has 2 aromatic carbocycles. The minimum atomic E-state index is -0.240. The minimum Gasteiger partial charge on any atom is -0.332 e. The molecule has 0 radical (unpaired) electrons. The number of hydrogen-bond acceptors (Lipinski definition) is 2. The molecule has 0 aliphatic carbocycles. The summed E-state index contributed by atoms with van der Waals surface area (Å²) in [7, 11) is 0. The van der Waals surface area contributed by atoms with E-state index in [1.54, 1.807) is 6.07 Å². The second-order valence-corrected chi connectivity index (χ2v) is 6.55. The normalized spacial score (nSPS) is 11.6. The van der Waals surface area contributed by atoms with E-state index in [0.29, 0.717) is 16.6 Å². The molecule has 0 spiro atoms. The molecule has 1 amide bonds. The van der Waals surface area contributed by atoms with E-state index in [2.05, 4.69) is 46.5 Å². The number of carbonyl (C=O) groups is 1. The van der Waals surface area contributed by atoms with Gasteiger partial charge in [0.05, 0.1) is 5.56 Å². The molecule has 0 aliphatic rings. The van der Waals surface area contributed by atoms with Crippen LogP contribution in [0.3, 0.4) is 0 Å². The van der Waals surface area contributed by atoms with Gasteiger partial charge in [0.2, 0.25) is 0 Å². The number of carbonyl (C=O) groups excluding carboxylic acids is 1. The Labute approximate surface area is 150 Å². The van der Waals surface area contributed by atoms with Gasteiger partial charge in [-0.1, -0.05) is 44.2 Å².